The van der Waals surface area contributed by atoms with Gasteiger partial charge in [0.05, 0.1) is 12.3 Å². The molecule has 0 fully saturated rings. The van der Waals surface area contributed by atoms with Gasteiger partial charge in [-0.2, -0.15) is 0 Å². The largest absolute Gasteiger partial charge is 0.344 e. The summed E-state index contributed by atoms with van der Waals surface area (Å²) in [6.07, 6.45) is 6.70. The van der Waals surface area contributed by atoms with Crippen LogP contribution in [0, 0.1) is 12.3 Å². The Bertz CT molecular complexity index is 389. The van der Waals surface area contributed by atoms with Crippen LogP contribution in [0.3, 0.4) is 0 Å². The van der Waals surface area contributed by atoms with Gasteiger partial charge in [-0.1, -0.05) is 17.7 Å². The molecule has 1 aromatic rings. The quantitative estimate of drug-likeness (QED) is 0.676. The third kappa shape index (κ3) is 4.36. The molecule has 0 unspecified atom stereocenters. The van der Waals surface area contributed by atoms with Gasteiger partial charge in [-0.3, -0.25) is 4.79 Å². The molecule has 0 aliphatic rings. The number of halogens is 1. The van der Waals surface area contributed by atoms with Crippen molar-refractivity contribution in [3.8, 4) is 12.3 Å². The Hall–Kier alpha value is -0.990. The van der Waals surface area contributed by atoms with Crippen LogP contribution in [0.1, 0.15) is 0 Å². The maximum Gasteiger partial charge on any atom is 0.231 e. The van der Waals surface area contributed by atoms with Crippen LogP contribution >= 0.6 is 27.7 Å². The van der Waals surface area contributed by atoms with Crippen molar-refractivity contribution in [2.75, 3.05) is 12.3 Å². The van der Waals surface area contributed by atoms with Gasteiger partial charge in [0.25, 0.3) is 0 Å². The summed E-state index contributed by atoms with van der Waals surface area (Å²) in [4.78, 5) is 15.3. The van der Waals surface area contributed by atoms with E-state index < -0.39 is 0 Å². The van der Waals surface area contributed by atoms with Crippen LogP contribution in [0.5, 0.6) is 0 Å². The summed E-state index contributed by atoms with van der Waals surface area (Å²) in [7, 11) is 0. The van der Waals surface area contributed by atoms with E-state index in [4.69, 9.17) is 6.42 Å². The fourth-order valence-electron chi connectivity index (χ4n) is 0.812. The van der Waals surface area contributed by atoms with Crippen molar-refractivity contribution in [2.24, 2.45) is 0 Å². The van der Waals surface area contributed by atoms with Crippen molar-refractivity contribution < 1.29 is 4.79 Å². The van der Waals surface area contributed by atoms with E-state index in [0.717, 1.165) is 9.50 Å². The Balaban J connectivity index is 2.41. The van der Waals surface area contributed by atoms with Gasteiger partial charge in [0.15, 0.2) is 0 Å². The number of rotatable bonds is 4. The molecule has 1 amide bonds. The summed E-state index contributed by atoms with van der Waals surface area (Å²) < 4.78 is 0.889. The predicted molar refractivity (Wildman–Crippen MR) is 64.5 cm³/mol. The minimum atomic E-state index is -0.0875. The van der Waals surface area contributed by atoms with Crippen LogP contribution in [0.2, 0.25) is 0 Å². The van der Waals surface area contributed by atoms with Crippen molar-refractivity contribution in [3.05, 3.63) is 22.8 Å². The molecule has 1 heterocycles. The van der Waals surface area contributed by atoms with Crippen LogP contribution in [0.25, 0.3) is 0 Å². The molecule has 0 aliphatic carbocycles. The number of carbonyl (C=O) groups is 1. The highest BCUT2D eigenvalue weighted by molar-refractivity contribution is 9.10. The van der Waals surface area contributed by atoms with E-state index in [1.807, 2.05) is 12.1 Å². The zero-order valence-electron chi connectivity index (χ0n) is 7.87. The van der Waals surface area contributed by atoms with Crippen LogP contribution in [0.15, 0.2) is 27.8 Å². The van der Waals surface area contributed by atoms with Crippen molar-refractivity contribution in [1.82, 2.24) is 10.3 Å². The highest BCUT2D eigenvalue weighted by Gasteiger charge is 2.04. The minimum absolute atomic E-state index is 0.0875. The molecule has 0 aliphatic heterocycles. The number of carbonyl (C=O) groups excluding carboxylic acids is 1. The first-order valence-electron chi connectivity index (χ1n) is 4.17. The first kappa shape index (κ1) is 12.1. The highest BCUT2D eigenvalue weighted by Crippen LogP contribution is 2.23. The molecule has 5 heteroatoms. The molecule has 15 heavy (non-hydrogen) atoms. The molecule has 78 valence electrons. The van der Waals surface area contributed by atoms with Crippen molar-refractivity contribution in [1.29, 1.82) is 0 Å². The Kier molecular flexibility index (Phi) is 5.22. The number of hydrogen-bond acceptors (Lipinski definition) is 3. The van der Waals surface area contributed by atoms with Crippen molar-refractivity contribution in [3.63, 3.8) is 0 Å². The maximum absolute atomic E-state index is 11.2. The van der Waals surface area contributed by atoms with Gasteiger partial charge in [-0.05, 0) is 28.1 Å². The minimum Gasteiger partial charge on any atom is -0.344 e. The second-order valence-corrected chi connectivity index (χ2v) is 4.38. The van der Waals surface area contributed by atoms with E-state index in [9.17, 15) is 4.79 Å². The average Bonchev–Trinajstić information content (AvgIpc) is 2.25. The second-order valence-electron chi connectivity index (χ2n) is 2.56. The van der Waals surface area contributed by atoms with Crippen molar-refractivity contribution in [2.45, 2.75) is 5.03 Å². The molecular formula is C10H9BrN2OS. The zero-order chi connectivity index (χ0) is 11.1. The number of nitrogens with zero attached hydrogens (tertiary/aromatic N) is 1. The molecule has 0 atom stereocenters. The van der Waals surface area contributed by atoms with Crippen LogP contribution in [-0.4, -0.2) is 23.2 Å². The summed E-state index contributed by atoms with van der Waals surface area (Å²) in [6.45, 7) is 0.267. The van der Waals surface area contributed by atoms with E-state index >= 15 is 0 Å². The highest BCUT2D eigenvalue weighted by atomic mass is 79.9. The summed E-state index contributed by atoms with van der Waals surface area (Å²) in [6, 6.07) is 3.71. The first-order valence-corrected chi connectivity index (χ1v) is 5.95. The van der Waals surface area contributed by atoms with E-state index in [1.165, 1.54) is 11.8 Å². The predicted octanol–water partition coefficient (Wildman–Crippen LogP) is 1.69. The molecule has 0 aromatic carbocycles. The average molecular weight is 285 g/mol. The monoisotopic (exact) mass is 284 g/mol. The van der Waals surface area contributed by atoms with Crippen LogP contribution in [0.4, 0.5) is 0 Å². The van der Waals surface area contributed by atoms with E-state index in [1.54, 1.807) is 6.20 Å². The molecule has 1 N–H and O–H groups in total. The Morgan fingerprint density at radius 2 is 2.53 bits per heavy atom. The number of amides is 1. The normalized spacial score (nSPS) is 9.33. The van der Waals surface area contributed by atoms with Crippen LogP contribution < -0.4 is 5.32 Å². The number of thioether (sulfide) groups is 1. The lowest BCUT2D eigenvalue weighted by Crippen LogP contribution is -2.25. The lowest BCUT2D eigenvalue weighted by Gasteiger charge is -2.02. The topological polar surface area (TPSA) is 42.0 Å². The summed E-state index contributed by atoms with van der Waals surface area (Å²) in [5.41, 5.74) is 0. The third-order valence-corrected chi connectivity index (χ3v) is 3.36. The number of hydrogen-bond donors (Lipinski definition) is 1. The fraction of sp³-hybridized carbons (Fsp3) is 0.200. The van der Waals surface area contributed by atoms with Gasteiger partial charge in [0, 0.05) is 10.7 Å². The van der Waals surface area contributed by atoms with E-state index in [0.29, 0.717) is 5.75 Å². The second kappa shape index (κ2) is 6.49. The Morgan fingerprint density at radius 3 is 3.20 bits per heavy atom. The number of aromatic nitrogens is 1. The summed E-state index contributed by atoms with van der Waals surface area (Å²) in [5.74, 6) is 2.57. The lowest BCUT2D eigenvalue weighted by molar-refractivity contribution is -0.118. The number of pyridine rings is 1. The molecule has 0 saturated carbocycles. The molecule has 0 saturated heterocycles. The molecule has 3 nitrogen and oxygen atoms in total. The Labute approximate surface area is 101 Å². The van der Waals surface area contributed by atoms with Gasteiger partial charge in [0.1, 0.15) is 5.03 Å². The van der Waals surface area contributed by atoms with Gasteiger partial charge in [-0.25, -0.2) is 4.98 Å². The number of nitrogens with one attached hydrogen (secondary N) is 1. The van der Waals surface area contributed by atoms with Crippen molar-refractivity contribution >= 4 is 33.6 Å². The van der Waals surface area contributed by atoms with Gasteiger partial charge in [0.2, 0.25) is 5.91 Å². The third-order valence-electron chi connectivity index (χ3n) is 1.45. The smallest absolute Gasteiger partial charge is 0.231 e. The van der Waals surface area contributed by atoms with Gasteiger partial charge in [-0.15, -0.1) is 6.42 Å². The molecule has 1 rings (SSSR count). The molecule has 0 bridgehead atoms. The summed E-state index contributed by atoms with van der Waals surface area (Å²) >= 11 is 4.72. The lowest BCUT2D eigenvalue weighted by atomic mass is 10.5. The van der Waals surface area contributed by atoms with Gasteiger partial charge < -0.3 is 5.32 Å². The van der Waals surface area contributed by atoms with Crippen LogP contribution in [-0.2, 0) is 4.79 Å². The molecule has 0 spiro atoms. The maximum atomic E-state index is 11.2. The standard InChI is InChI=1S/C10H9BrN2OS/c1-2-5-12-9(14)7-15-10-8(11)4-3-6-13-10/h1,3-4,6H,5,7H2,(H,12,14). The zero-order valence-corrected chi connectivity index (χ0v) is 10.3. The molecule has 0 radical (unpaired) electrons. The summed E-state index contributed by atoms with van der Waals surface area (Å²) in [5, 5.41) is 3.38. The molecular weight excluding hydrogens is 276 g/mol. The van der Waals surface area contributed by atoms with E-state index in [-0.39, 0.29) is 12.5 Å². The fourth-order valence-corrected chi connectivity index (χ4v) is 2.12. The Morgan fingerprint density at radius 1 is 1.73 bits per heavy atom. The number of terminal acetylenes is 1. The van der Waals surface area contributed by atoms with E-state index in [2.05, 4.69) is 32.2 Å². The molecule has 1 aromatic heterocycles. The SMILES string of the molecule is C#CCNC(=O)CSc1ncccc1Br. The van der Waals surface area contributed by atoms with Gasteiger partial charge >= 0.3 is 0 Å². The first-order chi connectivity index (χ1) is 7.24.